The van der Waals surface area contributed by atoms with Gasteiger partial charge in [0.05, 0.1) is 17.2 Å². The van der Waals surface area contributed by atoms with Crippen molar-refractivity contribution in [2.45, 2.75) is 13.0 Å². The van der Waals surface area contributed by atoms with Crippen LogP contribution in [0.25, 0.3) is 0 Å². The Balaban J connectivity index is 2.00. The molecule has 0 aliphatic heterocycles. The first-order valence-electron chi connectivity index (χ1n) is 6.56. The average molecular weight is 340 g/mol. The Kier molecular flexibility index (Phi) is 5.52. The van der Waals surface area contributed by atoms with Crippen LogP contribution in [0, 0.1) is 0 Å². The van der Waals surface area contributed by atoms with Crippen molar-refractivity contribution in [2.24, 2.45) is 0 Å². The summed E-state index contributed by atoms with van der Waals surface area (Å²) < 4.78 is 10.7. The monoisotopic (exact) mass is 339 g/mol. The summed E-state index contributed by atoms with van der Waals surface area (Å²) in [6.07, 6.45) is -0.679. The highest BCUT2D eigenvalue weighted by molar-refractivity contribution is 6.42. The molecule has 0 aliphatic rings. The van der Waals surface area contributed by atoms with E-state index in [0.29, 0.717) is 27.2 Å². The summed E-state index contributed by atoms with van der Waals surface area (Å²) in [5.74, 6) is 0.923. The van der Waals surface area contributed by atoms with Gasteiger partial charge in [-0.1, -0.05) is 29.3 Å². The van der Waals surface area contributed by atoms with Crippen LogP contribution in [0.1, 0.15) is 6.92 Å². The quantitative estimate of drug-likeness (QED) is 0.877. The number of methoxy groups -OCH3 is 1. The zero-order chi connectivity index (χ0) is 16.1. The van der Waals surface area contributed by atoms with Gasteiger partial charge in [0.1, 0.15) is 11.5 Å². The van der Waals surface area contributed by atoms with Gasteiger partial charge in [-0.3, -0.25) is 4.79 Å². The Morgan fingerprint density at radius 1 is 1.09 bits per heavy atom. The zero-order valence-corrected chi connectivity index (χ0v) is 13.6. The molecule has 0 radical (unpaired) electrons. The number of amides is 1. The summed E-state index contributed by atoms with van der Waals surface area (Å²) in [4.78, 5) is 12.1. The van der Waals surface area contributed by atoms with E-state index in [1.54, 1.807) is 56.5 Å². The van der Waals surface area contributed by atoms with E-state index in [2.05, 4.69) is 5.32 Å². The van der Waals surface area contributed by atoms with Crippen molar-refractivity contribution in [2.75, 3.05) is 12.4 Å². The zero-order valence-electron chi connectivity index (χ0n) is 12.1. The number of carbonyl (C=O) groups is 1. The Bertz CT molecular complexity index is 676. The van der Waals surface area contributed by atoms with E-state index in [4.69, 9.17) is 32.7 Å². The summed E-state index contributed by atoms with van der Waals surface area (Å²) in [5.41, 5.74) is 0.556. The smallest absolute Gasteiger partial charge is 0.265 e. The molecular formula is C16H15Cl2NO3. The second-order valence-corrected chi connectivity index (χ2v) is 5.37. The van der Waals surface area contributed by atoms with Gasteiger partial charge in [-0.2, -0.15) is 0 Å². The third kappa shape index (κ3) is 4.29. The molecule has 0 fully saturated rings. The molecule has 6 heteroatoms. The predicted molar refractivity (Wildman–Crippen MR) is 88.2 cm³/mol. The molecule has 4 nitrogen and oxygen atoms in total. The Morgan fingerprint density at radius 2 is 1.82 bits per heavy atom. The lowest BCUT2D eigenvalue weighted by atomic mass is 10.3. The van der Waals surface area contributed by atoms with Crippen LogP contribution in [-0.2, 0) is 4.79 Å². The Morgan fingerprint density at radius 3 is 2.50 bits per heavy atom. The first kappa shape index (κ1) is 16.5. The largest absolute Gasteiger partial charge is 0.497 e. The molecule has 0 saturated carbocycles. The number of carbonyl (C=O) groups excluding carboxylic acids is 1. The number of anilines is 1. The van der Waals surface area contributed by atoms with E-state index in [1.807, 2.05) is 0 Å². The summed E-state index contributed by atoms with van der Waals surface area (Å²) in [7, 11) is 1.57. The highest BCUT2D eigenvalue weighted by Crippen LogP contribution is 2.25. The molecule has 0 aromatic heterocycles. The third-order valence-corrected chi connectivity index (χ3v) is 3.65. The second-order valence-electron chi connectivity index (χ2n) is 4.56. The van der Waals surface area contributed by atoms with E-state index in [0.717, 1.165) is 0 Å². The fraction of sp³-hybridized carbons (Fsp3) is 0.188. The minimum absolute atomic E-state index is 0.291. The second kappa shape index (κ2) is 7.38. The highest BCUT2D eigenvalue weighted by atomic mass is 35.5. The third-order valence-electron chi connectivity index (χ3n) is 2.91. The van der Waals surface area contributed by atoms with Gasteiger partial charge < -0.3 is 14.8 Å². The van der Waals surface area contributed by atoms with Crippen molar-refractivity contribution in [1.29, 1.82) is 0 Å². The Hall–Kier alpha value is -1.91. The van der Waals surface area contributed by atoms with Crippen molar-refractivity contribution in [3.05, 3.63) is 52.5 Å². The van der Waals surface area contributed by atoms with E-state index >= 15 is 0 Å². The molecular weight excluding hydrogens is 325 g/mol. The molecule has 116 valence electrons. The fourth-order valence-electron chi connectivity index (χ4n) is 1.75. The van der Waals surface area contributed by atoms with Crippen molar-refractivity contribution >= 4 is 34.8 Å². The molecule has 1 amide bonds. The van der Waals surface area contributed by atoms with Crippen LogP contribution in [0.15, 0.2) is 42.5 Å². The predicted octanol–water partition coefficient (Wildman–Crippen LogP) is 4.41. The molecule has 0 heterocycles. The normalized spacial score (nSPS) is 11.6. The van der Waals surface area contributed by atoms with Crippen LogP contribution < -0.4 is 14.8 Å². The van der Waals surface area contributed by atoms with Gasteiger partial charge in [-0.15, -0.1) is 0 Å². The standard InChI is InChI=1S/C16H15Cl2NO3/c1-10(22-13-5-3-4-12(9-13)21-2)16(20)19-11-6-7-14(17)15(18)8-11/h3-10H,1-2H3,(H,19,20). The van der Waals surface area contributed by atoms with Crippen LogP contribution in [0.3, 0.4) is 0 Å². The number of benzene rings is 2. The molecule has 0 spiro atoms. The van der Waals surface area contributed by atoms with Crippen LogP contribution in [0.5, 0.6) is 11.5 Å². The maximum Gasteiger partial charge on any atom is 0.265 e. The number of hydrogen-bond acceptors (Lipinski definition) is 3. The molecule has 1 N–H and O–H groups in total. The molecule has 0 bridgehead atoms. The van der Waals surface area contributed by atoms with Crippen molar-refractivity contribution in [3.63, 3.8) is 0 Å². The number of rotatable bonds is 5. The van der Waals surface area contributed by atoms with Crippen LogP contribution >= 0.6 is 23.2 Å². The van der Waals surface area contributed by atoms with Crippen molar-refractivity contribution in [1.82, 2.24) is 0 Å². The number of nitrogens with one attached hydrogen (secondary N) is 1. The molecule has 2 aromatic rings. The first-order valence-corrected chi connectivity index (χ1v) is 7.32. The van der Waals surface area contributed by atoms with Gasteiger partial charge in [0.15, 0.2) is 6.10 Å². The van der Waals surface area contributed by atoms with E-state index < -0.39 is 6.10 Å². The summed E-state index contributed by atoms with van der Waals surface area (Å²) in [6.45, 7) is 1.66. The van der Waals surface area contributed by atoms with Crippen molar-refractivity contribution < 1.29 is 14.3 Å². The highest BCUT2D eigenvalue weighted by Gasteiger charge is 2.15. The molecule has 0 saturated heterocycles. The van der Waals surface area contributed by atoms with Gasteiger partial charge in [0.2, 0.25) is 0 Å². The first-order chi connectivity index (χ1) is 10.5. The number of halogens is 2. The number of ether oxygens (including phenoxy) is 2. The minimum atomic E-state index is -0.679. The molecule has 2 aromatic carbocycles. The molecule has 2 rings (SSSR count). The van der Waals surface area contributed by atoms with Crippen LogP contribution in [-0.4, -0.2) is 19.1 Å². The fourth-order valence-corrected chi connectivity index (χ4v) is 2.05. The van der Waals surface area contributed by atoms with Crippen LogP contribution in [0.2, 0.25) is 10.0 Å². The van der Waals surface area contributed by atoms with Crippen molar-refractivity contribution in [3.8, 4) is 11.5 Å². The van der Waals surface area contributed by atoms with Gasteiger partial charge in [-0.05, 0) is 37.3 Å². The van der Waals surface area contributed by atoms with Gasteiger partial charge in [0, 0.05) is 11.8 Å². The maximum atomic E-state index is 12.1. The molecule has 1 atom stereocenters. The van der Waals surface area contributed by atoms with Gasteiger partial charge in [-0.25, -0.2) is 0 Å². The lowest BCUT2D eigenvalue weighted by molar-refractivity contribution is -0.122. The summed E-state index contributed by atoms with van der Waals surface area (Å²) >= 11 is 11.7. The van der Waals surface area contributed by atoms with Gasteiger partial charge >= 0.3 is 0 Å². The molecule has 0 aliphatic carbocycles. The lowest BCUT2D eigenvalue weighted by Gasteiger charge is -2.15. The van der Waals surface area contributed by atoms with Gasteiger partial charge in [0.25, 0.3) is 5.91 Å². The number of hydrogen-bond donors (Lipinski definition) is 1. The lowest BCUT2D eigenvalue weighted by Crippen LogP contribution is -2.30. The van der Waals surface area contributed by atoms with E-state index in [-0.39, 0.29) is 5.91 Å². The minimum Gasteiger partial charge on any atom is -0.497 e. The molecule has 1 unspecified atom stereocenters. The van der Waals surface area contributed by atoms with Crippen LogP contribution in [0.4, 0.5) is 5.69 Å². The van der Waals surface area contributed by atoms with E-state index in [9.17, 15) is 4.79 Å². The maximum absolute atomic E-state index is 12.1. The average Bonchev–Trinajstić information content (AvgIpc) is 2.51. The topological polar surface area (TPSA) is 47.6 Å². The summed E-state index contributed by atoms with van der Waals surface area (Å²) in [5, 5.41) is 3.53. The molecule has 22 heavy (non-hydrogen) atoms. The van der Waals surface area contributed by atoms with E-state index in [1.165, 1.54) is 0 Å². The Labute approximate surface area is 138 Å². The summed E-state index contributed by atoms with van der Waals surface area (Å²) in [6, 6.07) is 11.9. The SMILES string of the molecule is COc1cccc(OC(C)C(=O)Nc2ccc(Cl)c(Cl)c2)c1.